The van der Waals surface area contributed by atoms with E-state index in [2.05, 4.69) is 9.82 Å². The molecule has 1 saturated carbocycles. The number of hydrogen-bond donors (Lipinski definition) is 2. The van der Waals surface area contributed by atoms with Gasteiger partial charge in [-0.15, -0.1) is 0 Å². The van der Waals surface area contributed by atoms with E-state index in [1.165, 1.54) is 0 Å². The Bertz CT molecular complexity index is 553. The fraction of sp³-hybridized carbons (Fsp3) is 0.727. The van der Waals surface area contributed by atoms with Crippen LogP contribution < -0.4 is 10.5 Å². The summed E-state index contributed by atoms with van der Waals surface area (Å²) in [5, 5.41) is 3.63. The standard InChI is InChI=1S/C11H18F2N4O2S/c12-10(13)7-17-6-9(5-15-17)20(18,19)16-11(8-14)3-1-2-4-11/h5-6,10,16H,1-4,7-8,14H2. The second-order valence-electron chi connectivity index (χ2n) is 5.09. The number of halogens is 2. The Morgan fingerprint density at radius 2 is 2.10 bits per heavy atom. The molecule has 0 saturated heterocycles. The van der Waals surface area contributed by atoms with Gasteiger partial charge in [0.05, 0.1) is 6.20 Å². The maximum Gasteiger partial charge on any atom is 0.257 e. The van der Waals surface area contributed by atoms with Crippen molar-refractivity contribution >= 4 is 10.0 Å². The van der Waals surface area contributed by atoms with Crippen LogP contribution in [0.15, 0.2) is 17.3 Å². The van der Waals surface area contributed by atoms with E-state index < -0.39 is 28.5 Å². The number of nitrogens with one attached hydrogen (secondary N) is 1. The van der Waals surface area contributed by atoms with E-state index in [0.717, 1.165) is 29.9 Å². The lowest BCUT2D eigenvalue weighted by molar-refractivity contribution is 0.121. The summed E-state index contributed by atoms with van der Waals surface area (Å²) < 4.78 is 52.5. The Labute approximate surface area is 116 Å². The molecule has 1 aromatic heterocycles. The van der Waals surface area contributed by atoms with Gasteiger partial charge in [0.2, 0.25) is 10.0 Å². The van der Waals surface area contributed by atoms with Crippen molar-refractivity contribution in [2.24, 2.45) is 5.73 Å². The summed E-state index contributed by atoms with van der Waals surface area (Å²) in [4.78, 5) is -0.113. The van der Waals surface area contributed by atoms with Crippen molar-refractivity contribution in [3.8, 4) is 0 Å². The number of hydrogen-bond acceptors (Lipinski definition) is 4. The predicted octanol–water partition coefficient (Wildman–Crippen LogP) is 0.698. The fourth-order valence-electron chi connectivity index (χ4n) is 2.47. The minimum absolute atomic E-state index is 0.113. The van der Waals surface area contributed by atoms with E-state index in [-0.39, 0.29) is 11.4 Å². The second kappa shape index (κ2) is 5.74. The lowest BCUT2D eigenvalue weighted by atomic mass is 10.0. The van der Waals surface area contributed by atoms with E-state index in [9.17, 15) is 17.2 Å². The smallest absolute Gasteiger partial charge is 0.257 e. The van der Waals surface area contributed by atoms with E-state index in [4.69, 9.17) is 5.73 Å². The second-order valence-corrected chi connectivity index (χ2v) is 6.77. The van der Waals surface area contributed by atoms with Crippen LogP contribution in [0.2, 0.25) is 0 Å². The van der Waals surface area contributed by atoms with Crippen LogP contribution in [0.4, 0.5) is 8.78 Å². The fourth-order valence-corrected chi connectivity index (χ4v) is 3.89. The van der Waals surface area contributed by atoms with E-state index in [1.54, 1.807) is 0 Å². The van der Waals surface area contributed by atoms with Gasteiger partial charge in [-0.05, 0) is 12.8 Å². The Hall–Kier alpha value is -1.06. The van der Waals surface area contributed by atoms with Crippen molar-refractivity contribution in [2.45, 2.75) is 49.1 Å². The van der Waals surface area contributed by atoms with Crippen molar-refractivity contribution in [1.82, 2.24) is 14.5 Å². The quantitative estimate of drug-likeness (QED) is 0.809. The minimum atomic E-state index is -3.79. The van der Waals surface area contributed by atoms with Crippen LogP contribution in [0, 0.1) is 0 Å². The van der Waals surface area contributed by atoms with Gasteiger partial charge in [-0.2, -0.15) is 5.10 Å². The zero-order valence-corrected chi connectivity index (χ0v) is 11.7. The van der Waals surface area contributed by atoms with Crippen LogP contribution in [-0.2, 0) is 16.6 Å². The Kier molecular flexibility index (Phi) is 4.40. The number of sulfonamides is 1. The van der Waals surface area contributed by atoms with Crippen LogP contribution in [0.5, 0.6) is 0 Å². The van der Waals surface area contributed by atoms with Crippen LogP contribution in [0.25, 0.3) is 0 Å². The van der Waals surface area contributed by atoms with Gasteiger partial charge in [0, 0.05) is 18.3 Å². The summed E-state index contributed by atoms with van der Waals surface area (Å²) in [6.45, 7) is -0.408. The minimum Gasteiger partial charge on any atom is -0.329 e. The third-order valence-electron chi connectivity index (χ3n) is 3.55. The molecule has 0 aliphatic heterocycles. The Balaban J connectivity index is 2.15. The SMILES string of the molecule is NCC1(NS(=O)(=O)c2cnn(CC(F)F)c2)CCCC1. The van der Waals surface area contributed by atoms with Crippen LogP contribution in [0.1, 0.15) is 25.7 Å². The molecule has 1 heterocycles. The molecule has 2 rings (SSSR count). The summed E-state index contributed by atoms with van der Waals surface area (Å²) in [6.07, 6.45) is 2.82. The van der Waals surface area contributed by atoms with Gasteiger partial charge in [-0.3, -0.25) is 4.68 Å². The van der Waals surface area contributed by atoms with Gasteiger partial charge in [0.25, 0.3) is 6.43 Å². The first-order chi connectivity index (χ1) is 9.37. The van der Waals surface area contributed by atoms with Crippen molar-refractivity contribution in [3.63, 3.8) is 0 Å². The zero-order chi connectivity index (χ0) is 14.8. The number of aromatic nitrogens is 2. The monoisotopic (exact) mass is 308 g/mol. The molecule has 114 valence electrons. The maximum absolute atomic E-state index is 12.2. The lowest BCUT2D eigenvalue weighted by Gasteiger charge is -2.27. The van der Waals surface area contributed by atoms with Gasteiger partial charge >= 0.3 is 0 Å². The largest absolute Gasteiger partial charge is 0.329 e. The van der Waals surface area contributed by atoms with Crippen molar-refractivity contribution < 1.29 is 17.2 Å². The molecule has 1 aromatic rings. The van der Waals surface area contributed by atoms with E-state index in [0.29, 0.717) is 12.8 Å². The molecule has 1 fully saturated rings. The summed E-state index contributed by atoms with van der Waals surface area (Å²) in [6, 6.07) is 0. The first-order valence-corrected chi connectivity index (χ1v) is 7.90. The van der Waals surface area contributed by atoms with Gasteiger partial charge < -0.3 is 5.73 Å². The molecule has 0 amide bonds. The number of rotatable bonds is 6. The molecule has 3 N–H and O–H groups in total. The first-order valence-electron chi connectivity index (χ1n) is 6.42. The molecular weight excluding hydrogens is 290 g/mol. The number of alkyl halides is 2. The molecule has 0 atom stereocenters. The number of nitrogens with zero attached hydrogens (tertiary/aromatic N) is 2. The van der Waals surface area contributed by atoms with Crippen LogP contribution in [-0.4, -0.2) is 36.7 Å². The highest BCUT2D eigenvalue weighted by Gasteiger charge is 2.37. The molecule has 1 aliphatic carbocycles. The molecule has 1 aliphatic rings. The van der Waals surface area contributed by atoms with Gasteiger partial charge in [0.1, 0.15) is 11.4 Å². The maximum atomic E-state index is 12.2. The number of nitrogens with two attached hydrogens (primary N) is 1. The Morgan fingerprint density at radius 3 is 2.65 bits per heavy atom. The van der Waals surface area contributed by atoms with Crippen molar-refractivity contribution in [3.05, 3.63) is 12.4 Å². The third-order valence-corrected chi connectivity index (χ3v) is 5.08. The third kappa shape index (κ3) is 3.33. The summed E-state index contributed by atoms with van der Waals surface area (Å²) in [5.41, 5.74) is 5.06. The molecule has 20 heavy (non-hydrogen) atoms. The molecule has 9 heteroatoms. The highest BCUT2D eigenvalue weighted by Crippen LogP contribution is 2.30. The van der Waals surface area contributed by atoms with Gasteiger partial charge in [-0.25, -0.2) is 21.9 Å². The van der Waals surface area contributed by atoms with E-state index >= 15 is 0 Å². The normalized spacial score (nSPS) is 18.8. The first kappa shape index (κ1) is 15.3. The predicted molar refractivity (Wildman–Crippen MR) is 68.8 cm³/mol. The molecule has 0 spiro atoms. The molecule has 0 radical (unpaired) electrons. The highest BCUT2D eigenvalue weighted by molar-refractivity contribution is 7.89. The summed E-state index contributed by atoms with van der Waals surface area (Å²) in [7, 11) is -3.79. The molecular formula is C11H18F2N4O2S. The van der Waals surface area contributed by atoms with Crippen molar-refractivity contribution in [2.75, 3.05) is 6.54 Å². The van der Waals surface area contributed by atoms with E-state index in [1.807, 2.05) is 0 Å². The zero-order valence-electron chi connectivity index (χ0n) is 10.9. The van der Waals surface area contributed by atoms with Gasteiger partial charge in [0.15, 0.2) is 0 Å². The molecule has 0 unspecified atom stereocenters. The van der Waals surface area contributed by atoms with Crippen LogP contribution in [0.3, 0.4) is 0 Å². The topological polar surface area (TPSA) is 90.0 Å². The molecule has 0 bridgehead atoms. The lowest BCUT2D eigenvalue weighted by Crippen LogP contribution is -2.51. The van der Waals surface area contributed by atoms with Gasteiger partial charge in [-0.1, -0.05) is 12.8 Å². The summed E-state index contributed by atoms with van der Waals surface area (Å²) in [5.74, 6) is 0. The molecule has 0 aromatic carbocycles. The molecule has 6 nitrogen and oxygen atoms in total. The van der Waals surface area contributed by atoms with Crippen LogP contribution >= 0.6 is 0 Å². The summed E-state index contributed by atoms with van der Waals surface area (Å²) >= 11 is 0. The average molecular weight is 308 g/mol. The van der Waals surface area contributed by atoms with Crippen molar-refractivity contribution in [1.29, 1.82) is 0 Å². The highest BCUT2D eigenvalue weighted by atomic mass is 32.2. The Morgan fingerprint density at radius 1 is 1.45 bits per heavy atom. The average Bonchev–Trinajstić information content (AvgIpc) is 2.98.